The van der Waals surface area contributed by atoms with Crippen LogP contribution >= 0.6 is 0 Å². The van der Waals surface area contributed by atoms with Crippen LogP contribution in [0.4, 0.5) is 0 Å². The number of carbonyl (C=O) groups excluding carboxylic acids is 1. The lowest BCUT2D eigenvalue weighted by Crippen LogP contribution is -2.36. The molecule has 0 fully saturated rings. The molecule has 0 radical (unpaired) electrons. The van der Waals surface area contributed by atoms with Gasteiger partial charge in [-0.25, -0.2) is 0 Å². The molecular weight excluding hydrogens is 230 g/mol. The summed E-state index contributed by atoms with van der Waals surface area (Å²) >= 11 is 0. The second-order valence-electron chi connectivity index (χ2n) is 4.15. The Hall–Kier alpha value is -1.55. The highest BCUT2D eigenvalue weighted by Gasteiger charge is 2.13. The molecule has 0 bridgehead atoms. The summed E-state index contributed by atoms with van der Waals surface area (Å²) < 4.78 is 5.50. The molecule has 1 unspecified atom stereocenters. The number of carbonyl (C=O) groups is 1. The first-order valence-electron chi connectivity index (χ1n) is 6.30. The Morgan fingerprint density at radius 2 is 1.94 bits per heavy atom. The van der Waals surface area contributed by atoms with Crippen molar-refractivity contribution in [2.24, 2.45) is 0 Å². The Morgan fingerprint density at radius 3 is 2.44 bits per heavy atom. The van der Waals surface area contributed by atoms with Crippen molar-refractivity contribution in [3.63, 3.8) is 0 Å². The molecule has 1 aromatic carbocycles. The number of hydrogen-bond acceptors (Lipinski definition) is 3. The Bertz CT molecular complexity index is 375. The molecule has 18 heavy (non-hydrogen) atoms. The lowest BCUT2D eigenvalue weighted by Gasteiger charge is -2.15. The number of nitrogens with one attached hydrogen (secondary N) is 1. The van der Waals surface area contributed by atoms with E-state index in [1.165, 1.54) is 0 Å². The third-order valence-electron chi connectivity index (χ3n) is 2.68. The summed E-state index contributed by atoms with van der Waals surface area (Å²) in [4.78, 5) is 11.5. The van der Waals surface area contributed by atoms with Gasteiger partial charge >= 0.3 is 0 Å². The summed E-state index contributed by atoms with van der Waals surface area (Å²) in [5.74, 6) is 0.496. The standard InChI is InChI=1S/C14H21NO3/c1-4-13(16)11-6-8-12(9-7-11)18-10(3)14(17)15-5-2/h6-10,13,16H,4-5H2,1-3H3,(H,15,17)/t10?,13-/m1/s1. The molecule has 0 heterocycles. The fourth-order valence-corrected chi connectivity index (χ4v) is 1.58. The van der Waals surface area contributed by atoms with Crippen LogP contribution in [0.3, 0.4) is 0 Å². The molecule has 1 amide bonds. The van der Waals surface area contributed by atoms with E-state index in [2.05, 4.69) is 5.32 Å². The van der Waals surface area contributed by atoms with Gasteiger partial charge in [0.2, 0.25) is 0 Å². The van der Waals surface area contributed by atoms with Gasteiger partial charge < -0.3 is 15.2 Å². The quantitative estimate of drug-likeness (QED) is 0.813. The maximum Gasteiger partial charge on any atom is 0.260 e. The molecule has 0 saturated carbocycles. The number of amides is 1. The highest BCUT2D eigenvalue weighted by Crippen LogP contribution is 2.20. The Labute approximate surface area is 108 Å². The van der Waals surface area contributed by atoms with E-state index >= 15 is 0 Å². The first kappa shape index (κ1) is 14.5. The fraction of sp³-hybridized carbons (Fsp3) is 0.500. The van der Waals surface area contributed by atoms with Crippen LogP contribution in [-0.4, -0.2) is 23.7 Å². The average Bonchev–Trinajstić information content (AvgIpc) is 2.39. The van der Waals surface area contributed by atoms with Crippen LogP contribution in [0, 0.1) is 0 Å². The van der Waals surface area contributed by atoms with Gasteiger partial charge in [0, 0.05) is 6.54 Å². The van der Waals surface area contributed by atoms with E-state index in [-0.39, 0.29) is 5.91 Å². The molecular formula is C14H21NO3. The molecule has 0 aliphatic heterocycles. The van der Waals surface area contributed by atoms with E-state index in [1.54, 1.807) is 19.1 Å². The molecule has 2 N–H and O–H groups in total. The summed E-state index contributed by atoms with van der Waals surface area (Å²) in [5.41, 5.74) is 0.857. The van der Waals surface area contributed by atoms with Crippen LogP contribution in [0.2, 0.25) is 0 Å². The third kappa shape index (κ3) is 4.04. The first-order chi connectivity index (χ1) is 8.58. The third-order valence-corrected chi connectivity index (χ3v) is 2.68. The zero-order chi connectivity index (χ0) is 13.5. The van der Waals surface area contributed by atoms with Gasteiger partial charge in [0.25, 0.3) is 5.91 Å². The molecule has 0 aliphatic carbocycles. The normalized spacial score (nSPS) is 13.8. The van der Waals surface area contributed by atoms with E-state index in [4.69, 9.17) is 4.74 Å². The average molecular weight is 251 g/mol. The zero-order valence-corrected chi connectivity index (χ0v) is 11.1. The first-order valence-corrected chi connectivity index (χ1v) is 6.30. The number of aliphatic hydroxyl groups is 1. The van der Waals surface area contributed by atoms with Crippen LogP contribution in [0.5, 0.6) is 5.75 Å². The molecule has 1 rings (SSSR count). The van der Waals surface area contributed by atoms with Gasteiger partial charge in [-0.2, -0.15) is 0 Å². The number of ether oxygens (including phenoxy) is 1. The van der Waals surface area contributed by atoms with Crippen molar-refractivity contribution in [2.45, 2.75) is 39.4 Å². The van der Waals surface area contributed by atoms with Crippen molar-refractivity contribution >= 4 is 5.91 Å². The number of hydrogen-bond donors (Lipinski definition) is 2. The van der Waals surface area contributed by atoms with E-state index in [9.17, 15) is 9.90 Å². The number of likely N-dealkylation sites (N-methyl/N-ethyl adjacent to an activating group) is 1. The molecule has 0 aromatic heterocycles. The maximum atomic E-state index is 11.5. The van der Waals surface area contributed by atoms with Crippen molar-refractivity contribution in [1.29, 1.82) is 0 Å². The van der Waals surface area contributed by atoms with Gasteiger partial charge in [0.1, 0.15) is 5.75 Å². The topological polar surface area (TPSA) is 58.6 Å². The molecule has 2 atom stereocenters. The van der Waals surface area contributed by atoms with Crippen LogP contribution in [0.25, 0.3) is 0 Å². The predicted molar refractivity (Wildman–Crippen MR) is 70.5 cm³/mol. The Kier molecular flexibility index (Phi) is 5.65. The number of rotatable bonds is 6. The van der Waals surface area contributed by atoms with Crippen LogP contribution in [0.15, 0.2) is 24.3 Å². The summed E-state index contributed by atoms with van der Waals surface area (Å²) in [7, 11) is 0. The van der Waals surface area contributed by atoms with Gasteiger partial charge in [-0.3, -0.25) is 4.79 Å². The summed E-state index contributed by atoms with van der Waals surface area (Å²) in [6.07, 6.45) is -0.290. The van der Waals surface area contributed by atoms with Crippen molar-refractivity contribution in [2.75, 3.05) is 6.54 Å². The smallest absolute Gasteiger partial charge is 0.260 e. The number of aliphatic hydroxyl groups excluding tert-OH is 1. The van der Waals surface area contributed by atoms with Crippen LogP contribution < -0.4 is 10.1 Å². The van der Waals surface area contributed by atoms with Crippen molar-refractivity contribution in [3.05, 3.63) is 29.8 Å². The van der Waals surface area contributed by atoms with Crippen LogP contribution in [-0.2, 0) is 4.79 Å². The van der Waals surface area contributed by atoms with E-state index in [0.29, 0.717) is 18.7 Å². The van der Waals surface area contributed by atoms with Gasteiger partial charge in [-0.05, 0) is 38.0 Å². The van der Waals surface area contributed by atoms with Gasteiger partial charge in [0.05, 0.1) is 6.10 Å². The van der Waals surface area contributed by atoms with E-state index in [1.807, 2.05) is 26.0 Å². The minimum atomic E-state index is -0.521. The van der Waals surface area contributed by atoms with E-state index < -0.39 is 12.2 Å². The number of benzene rings is 1. The zero-order valence-electron chi connectivity index (χ0n) is 11.1. The summed E-state index contributed by atoms with van der Waals surface area (Å²) in [5, 5.41) is 12.4. The molecule has 1 aromatic rings. The molecule has 0 saturated heterocycles. The highest BCUT2D eigenvalue weighted by molar-refractivity contribution is 5.80. The minimum Gasteiger partial charge on any atom is -0.481 e. The Balaban J connectivity index is 2.60. The molecule has 100 valence electrons. The minimum absolute atomic E-state index is 0.129. The van der Waals surface area contributed by atoms with Crippen LogP contribution in [0.1, 0.15) is 38.9 Å². The molecule has 0 spiro atoms. The summed E-state index contributed by atoms with van der Waals surface area (Å²) in [6.45, 7) is 6.09. The lowest BCUT2D eigenvalue weighted by molar-refractivity contribution is -0.127. The SMILES string of the molecule is CCNC(=O)C(C)Oc1ccc([C@H](O)CC)cc1. The predicted octanol–water partition coefficient (Wildman–Crippen LogP) is 2.03. The highest BCUT2D eigenvalue weighted by atomic mass is 16.5. The van der Waals surface area contributed by atoms with E-state index in [0.717, 1.165) is 5.56 Å². The maximum absolute atomic E-state index is 11.5. The van der Waals surface area contributed by atoms with Gasteiger partial charge in [-0.15, -0.1) is 0 Å². The van der Waals surface area contributed by atoms with Crippen molar-refractivity contribution < 1.29 is 14.6 Å². The van der Waals surface area contributed by atoms with Gasteiger partial charge in [-0.1, -0.05) is 19.1 Å². The molecule has 4 heteroatoms. The largest absolute Gasteiger partial charge is 0.481 e. The summed E-state index contributed by atoms with van der Waals surface area (Å²) in [6, 6.07) is 7.16. The lowest BCUT2D eigenvalue weighted by atomic mass is 10.1. The second-order valence-corrected chi connectivity index (χ2v) is 4.15. The van der Waals surface area contributed by atoms with Crippen molar-refractivity contribution in [3.8, 4) is 5.75 Å². The monoisotopic (exact) mass is 251 g/mol. The van der Waals surface area contributed by atoms with Gasteiger partial charge in [0.15, 0.2) is 6.10 Å². The second kappa shape index (κ2) is 7.01. The molecule has 4 nitrogen and oxygen atoms in total. The van der Waals surface area contributed by atoms with Crippen molar-refractivity contribution in [1.82, 2.24) is 5.32 Å². The Morgan fingerprint density at radius 1 is 1.33 bits per heavy atom. The fourth-order valence-electron chi connectivity index (χ4n) is 1.58. The molecule has 0 aliphatic rings.